The summed E-state index contributed by atoms with van der Waals surface area (Å²) in [6, 6.07) is 2.10. The molecule has 0 saturated carbocycles. The van der Waals surface area contributed by atoms with E-state index in [2.05, 4.69) is 19.9 Å². The van der Waals surface area contributed by atoms with Crippen LogP contribution in [0.2, 0.25) is 0 Å². The fourth-order valence-corrected chi connectivity index (χ4v) is 1.79. The Balaban J connectivity index is 3.94. The Morgan fingerprint density at radius 3 is 2.61 bits per heavy atom. The number of hydrogen-bond acceptors (Lipinski definition) is 4. The van der Waals surface area contributed by atoms with Crippen molar-refractivity contribution in [1.29, 1.82) is 5.26 Å². The molecule has 0 radical (unpaired) electrons. The van der Waals surface area contributed by atoms with E-state index in [0.717, 1.165) is 12.8 Å². The maximum Gasteiger partial charge on any atom is 0.307 e. The predicted molar refractivity (Wildman–Crippen MR) is 65.6 cm³/mol. The second kappa shape index (κ2) is 9.46. The highest BCUT2D eigenvalue weighted by molar-refractivity contribution is 5.71. The number of nitriles is 1. The number of hydrogen-bond donors (Lipinski definition) is 1. The van der Waals surface area contributed by atoms with Gasteiger partial charge >= 0.3 is 11.9 Å². The van der Waals surface area contributed by atoms with Gasteiger partial charge in [-0.05, 0) is 12.3 Å². The van der Waals surface area contributed by atoms with E-state index in [0.29, 0.717) is 12.3 Å². The molecule has 102 valence electrons. The van der Waals surface area contributed by atoms with Gasteiger partial charge in [-0.15, -0.1) is 0 Å². The molecular weight excluding hydrogens is 234 g/mol. The standard InChI is InChI=1S/C13H21NO4/c1-3-4-10(2)7-11(9-14)8-13(17)18-6-5-12(15)16/h10-11H,3-8H2,1-2H3,(H,15,16). The van der Waals surface area contributed by atoms with Crippen LogP contribution in [0.5, 0.6) is 0 Å². The van der Waals surface area contributed by atoms with E-state index in [1.807, 2.05) is 0 Å². The zero-order valence-electron chi connectivity index (χ0n) is 11.0. The third kappa shape index (κ3) is 8.57. The zero-order chi connectivity index (χ0) is 14.0. The van der Waals surface area contributed by atoms with Crippen LogP contribution in [-0.4, -0.2) is 23.7 Å². The van der Waals surface area contributed by atoms with Gasteiger partial charge in [0, 0.05) is 0 Å². The lowest BCUT2D eigenvalue weighted by Crippen LogP contribution is -2.15. The van der Waals surface area contributed by atoms with Crippen LogP contribution in [0.4, 0.5) is 0 Å². The molecule has 5 heteroatoms. The highest BCUT2D eigenvalue weighted by atomic mass is 16.5. The van der Waals surface area contributed by atoms with Crippen LogP contribution in [0.1, 0.15) is 46.0 Å². The summed E-state index contributed by atoms with van der Waals surface area (Å²) in [5.41, 5.74) is 0. The SMILES string of the molecule is CCCC(C)CC(C#N)CC(=O)OCCC(=O)O. The molecule has 1 N–H and O–H groups in total. The molecule has 0 aliphatic heterocycles. The summed E-state index contributed by atoms with van der Waals surface area (Å²) in [7, 11) is 0. The lowest BCUT2D eigenvalue weighted by atomic mass is 9.91. The molecule has 18 heavy (non-hydrogen) atoms. The third-order valence-electron chi connectivity index (χ3n) is 2.64. The monoisotopic (exact) mass is 255 g/mol. The summed E-state index contributed by atoms with van der Waals surface area (Å²) in [6.45, 7) is 4.01. The zero-order valence-corrected chi connectivity index (χ0v) is 11.0. The number of esters is 1. The van der Waals surface area contributed by atoms with Crippen molar-refractivity contribution in [1.82, 2.24) is 0 Å². The molecule has 0 aliphatic rings. The molecule has 0 rings (SSSR count). The molecule has 2 atom stereocenters. The van der Waals surface area contributed by atoms with Crippen molar-refractivity contribution in [3.05, 3.63) is 0 Å². The number of rotatable bonds is 9. The lowest BCUT2D eigenvalue weighted by molar-refractivity contribution is -0.147. The van der Waals surface area contributed by atoms with Gasteiger partial charge in [0.05, 0.1) is 24.8 Å². The number of carbonyl (C=O) groups excluding carboxylic acids is 1. The van der Waals surface area contributed by atoms with Crippen molar-refractivity contribution >= 4 is 11.9 Å². The maximum absolute atomic E-state index is 11.4. The van der Waals surface area contributed by atoms with Crippen LogP contribution < -0.4 is 0 Å². The number of carboxylic acids is 1. The van der Waals surface area contributed by atoms with E-state index in [1.165, 1.54) is 0 Å². The van der Waals surface area contributed by atoms with Gasteiger partial charge < -0.3 is 9.84 Å². The largest absolute Gasteiger partial charge is 0.481 e. The molecule has 0 fully saturated rings. The number of carbonyl (C=O) groups is 2. The first-order chi connectivity index (χ1) is 8.49. The van der Waals surface area contributed by atoms with Gasteiger partial charge in [0.1, 0.15) is 6.61 Å². The predicted octanol–water partition coefficient (Wildman–Crippen LogP) is 2.36. The molecule has 0 heterocycles. The molecule has 0 saturated heterocycles. The Labute approximate surface area is 108 Å². The molecule has 0 aromatic rings. The smallest absolute Gasteiger partial charge is 0.307 e. The van der Waals surface area contributed by atoms with Crippen LogP contribution in [0.25, 0.3) is 0 Å². The van der Waals surface area contributed by atoms with Crippen molar-refractivity contribution in [2.45, 2.75) is 46.0 Å². The lowest BCUT2D eigenvalue weighted by Gasteiger charge is -2.14. The fourth-order valence-electron chi connectivity index (χ4n) is 1.79. The van der Waals surface area contributed by atoms with Gasteiger partial charge in [0.25, 0.3) is 0 Å². The van der Waals surface area contributed by atoms with E-state index in [4.69, 9.17) is 15.1 Å². The van der Waals surface area contributed by atoms with Gasteiger partial charge in [-0.25, -0.2) is 0 Å². The number of carboxylic acid groups (broad SMARTS) is 1. The maximum atomic E-state index is 11.4. The first kappa shape index (κ1) is 16.4. The summed E-state index contributed by atoms with van der Waals surface area (Å²) in [6.07, 6.45) is 2.62. The van der Waals surface area contributed by atoms with E-state index < -0.39 is 11.9 Å². The topological polar surface area (TPSA) is 87.4 Å². The highest BCUT2D eigenvalue weighted by Gasteiger charge is 2.17. The normalized spacial score (nSPS) is 13.4. The molecule has 2 unspecified atom stereocenters. The van der Waals surface area contributed by atoms with Crippen LogP contribution in [0.15, 0.2) is 0 Å². The average molecular weight is 255 g/mol. The fraction of sp³-hybridized carbons (Fsp3) is 0.769. The summed E-state index contributed by atoms with van der Waals surface area (Å²) in [4.78, 5) is 21.6. The molecule has 0 spiro atoms. The van der Waals surface area contributed by atoms with Crippen molar-refractivity contribution in [2.24, 2.45) is 11.8 Å². The molecular formula is C13H21NO4. The Morgan fingerprint density at radius 2 is 2.11 bits per heavy atom. The second-order valence-electron chi connectivity index (χ2n) is 4.52. The Morgan fingerprint density at radius 1 is 1.44 bits per heavy atom. The van der Waals surface area contributed by atoms with Crippen molar-refractivity contribution < 1.29 is 19.4 Å². The van der Waals surface area contributed by atoms with E-state index in [-0.39, 0.29) is 25.4 Å². The minimum absolute atomic E-state index is 0.0458. The summed E-state index contributed by atoms with van der Waals surface area (Å²) >= 11 is 0. The number of nitrogens with zero attached hydrogens (tertiary/aromatic N) is 1. The molecule has 0 bridgehead atoms. The summed E-state index contributed by atoms with van der Waals surface area (Å²) < 4.78 is 4.76. The van der Waals surface area contributed by atoms with Crippen LogP contribution >= 0.6 is 0 Å². The van der Waals surface area contributed by atoms with Gasteiger partial charge in [-0.3, -0.25) is 9.59 Å². The van der Waals surface area contributed by atoms with Gasteiger partial charge in [-0.2, -0.15) is 5.26 Å². The molecule has 0 aromatic carbocycles. The summed E-state index contributed by atoms with van der Waals surface area (Å²) in [5.74, 6) is -1.43. The first-order valence-corrected chi connectivity index (χ1v) is 6.26. The van der Waals surface area contributed by atoms with E-state index in [1.54, 1.807) is 0 Å². The molecule has 5 nitrogen and oxygen atoms in total. The van der Waals surface area contributed by atoms with E-state index in [9.17, 15) is 9.59 Å². The molecule has 0 amide bonds. The van der Waals surface area contributed by atoms with Gasteiger partial charge in [-0.1, -0.05) is 26.7 Å². The second-order valence-corrected chi connectivity index (χ2v) is 4.52. The van der Waals surface area contributed by atoms with Crippen molar-refractivity contribution in [2.75, 3.05) is 6.61 Å². The Bertz CT molecular complexity index is 309. The highest BCUT2D eigenvalue weighted by Crippen LogP contribution is 2.19. The van der Waals surface area contributed by atoms with Gasteiger partial charge in [0.2, 0.25) is 0 Å². The number of aliphatic carboxylic acids is 1. The van der Waals surface area contributed by atoms with Crippen LogP contribution in [0, 0.1) is 23.2 Å². The molecule has 0 aromatic heterocycles. The number of ether oxygens (including phenoxy) is 1. The first-order valence-electron chi connectivity index (χ1n) is 6.26. The Kier molecular flexibility index (Phi) is 8.63. The minimum Gasteiger partial charge on any atom is -0.481 e. The van der Waals surface area contributed by atoms with Crippen molar-refractivity contribution in [3.8, 4) is 6.07 Å². The average Bonchev–Trinajstić information content (AvgIpc) is 2.27. The third-order valence-corrected chi connectivity index (χ3v) is 2.64. The summed E-state index contributed by atoms with van der Waals surface area (Å²) in [5, 5.41) is 17.3. The van der Waals surface area contributed by atoms with E-state index >= 15 is 0 Å². The quantitative estimate of drug-likeness (QED) is 0.639. The minimum atomic E-state index is -1.00. The Hall–Kier alpha value is -1.57. The molecule has 0 aliphatic carbocycles. The van der Waals surface area contributed by atoms with Crippen molar-refractivity contribution in [3.63, 3.8) is 0 Å². The van der Waals surface area contributed by atoms with Crippen LogP contribution in [-0.2, 0) is 14.3 Å². The van der Waals surface area contributed by atoms with Gasteiger partial charge in [0.15, 0.2) is 0 Å². The van der Waals surface area contributed by atoms with Crippen LogP contribution in [0.3, 0.4) is 0 Å².